The van der Waals surface area contributed by atoms with Crippen LogP contribution in [0.15, 0.2) is 0 Å². The molecule has 0 aliphatic carbocycles. The van der Waals surface area contributed by atoms with E-state index in [2.05, 4.69) is 0 Å². The lowest BCUT2D eigenvalue weighted by molar-refractivity contribution is -0.120. The van der Waals surface area contributed by atoms with Gasteiger partial charge in [0.15, 0.2) is 0 Å². The molecule has 6 heteroatoms. The smallest absolute Gasteiger partial charge is 0.267 e. The van der Waals surface area contributed by atoms with Gasteiger partial charge in [-0.1, -0.05) is 0 Å². The Balaban J connectivity index is 2.60. The summed E-state index contributed by atoms with van der Waals surface area (Å²) in [7, 11) is -3.10. The summed E-state index contributed by atoms with van der Waals surface area (Å²) >= 11 is 1.39. The van der Waals surface area contributed by atoms with Crippen molar-refractivity contribution >= 4 is 34.2 Å². The number of carbonyl (C=O) groups is 1. The molecule has 1 heterocycles. The first-order valence-corrected chi connectivity index (χ1v) is 7.20. The van der Waals surface area contributed by atoms with Crippen molar-refractivity contribution in [1.29, 1.82) is 0 Å². The van der Waals surface area contributed by atoms with Crippen LogP contribution in [0, 0.1) is 0 Å². The van der Waals surface area contributed by atoms with Gasteiger partial charge in [0.25, 0.3) is 7.19 Å². The minimum Gasteiger partial charge on any atom is -0.300 e. The van der Waals surface area contributed by atoms with Crippen molar-refractivity contribution in [2.24, 2.45) is 0 Å². The zero-order chi connectivity index (χ0) is 8.48. The topological polar surface area (TPSA) is 54.5 Å². The van der Waals surface area contributed by atoms with Gasteiger partial charge in [0, 0.05) is 25.9 Å². The summed E-state index contributed by atoms with van der Waals surface area (Å²) in [5.74, 6) is 0.154. The zero-order valence-corrected chi connectivity index (χ0v) is 8.76. The lowest BCUT2D eigenvalue weighted by Gasteiger charge is -2.21. The zero-order valence-electron chi connectivity index (χ0n) is 5.79. The van der Waals surface area contributed by atoms with Gasteiger partial charge in [-0.2, -0.15) is 4.31 Å². The van der Waals surface area contributed by atoms with E-state index in [9.17, 15) is 13.2 Å². The van der Waals surface area contributed by atoms with E-state index in [0.717, 1.165) is 0 Å². The molecule has 1 saturated heterocycles. The molecule has 1 rings (SSSR count). The first-order chi connectivity index (χ1) is 5.00. The molecule has 0 aromatic rings. The molecule has 0 amide bonds. The fraction of sp³-hybridized carbons (Fsp3) is 0.800. The summed E-state index contributed by atoms with van der Waals surface area (Å²) in [5.41, 5.74) is 0. The highest BCUT2D eigenvalue weighted by atomic mass is 127. The van der Waals surface area contributed by atoms with E-state index in [-0.39, 0.29) is 5.78 Å². The number of nitrogens with zero attached hydrogens (tertiary/aromatic N) is 1. The summed E-state index contributed by atoms with van der Waals surface area (Å²) in [6, 6.07) is 0. The van der Waals surface area contributed by atoms with Crippen LogP contribution in [0.2, 0.25) is 0 Å². The number of carbonyl (C=O) groups excluding carboxylic acids is 1. The predicted octanol–water partition coefficient (Wildman–Crippen LogP) is 0.331. The number of halogens is 1. The molecule has 64 valence electrons. The highest BCUT2D eigenvalue weighted by molar-refractivity contribution is 14.2. The van der Waals surface area contributed by atoms with Crippen molar-refractivity contribution in [1.82, 2.24) is 4.31 Å². The van der Waals surface area contributed by atoms with E-state index < -0.39 is 7.19 Å². The van der Waals surface area contributed by atoms with E-state index in [1.807, 2.05) is 0 Å². The molecule has 0 unspecified atom stereocenters. The molecular weight excluding hydrogens is 281 g/mol. The summed E-state index contributed by atoms with van der Waals surface area (Å²) < 4.78 is 23.1. The lowest BCUT2D eigenvalue weighted by Crippen LogP contribution is -2.35. The molecule has 1 fully saturated rings. The maximum Gasteiger partial charge on any atom is 0.267 e. The van der Waals surface area contributed by atoms with Gasteiger partial charge in [-0.3, -0.25) is 4.79 Å². The molecular formula is C5H8INO3S. The number of hydrogen-bond donors (Lipinski definition) is 0. The average molecular weight is 289 g/mol. The van der Waals surface area contributed by atoms with Crippen LogP contribution >= 0.6 is 21.2 Å². The third-order valence-electron chi connectivity index (χ3n) is 1.59. The molecule has 0 radical (unpaired) electrons. The number of ketones is 1. The van der Waals surface area contributed by atoms with Crippen LogP contribution in [-0.2, 0) is 12.0 Å². The molecule has 1 aliphatic rings. The molecule has 0 atom stereocenters. The Morgan fingerprint density at radius 3 is 2.09 bits per heavy atom. The first-order valence-electron chi connectivity index (χ1n) is 3.21. The van der Waals surface area contributed by atoms with Crippen LogP contribution in [0.1, 0.15) is 12.8 Å². The maximum absolute atomic E-state index is 10.9. The Bertz CT molecular complexity index is 251. The van der Waals surface area contributed by atoms with Gasteiger partial charge in [0.2, 0.25) is 0 Å². The summed E-state index contributed by atoms with van der Waals surface area (Å²) in [6.07, 6.45) is 0.727. The van der Waals surface area contributed by atoms with Crippen LogP contribution in [0.3, 0.4) is 0 Å². The molecule has 0 aromatic heterocycles. The van der Waals surface area contributed by atoms with Crippen molar-refractivity contribution in [3.63, 3.8) is 0 Å². The van der Waals surface area contributed by atoms with Gasteiger partial charge in [0.05, 0.1) is 21.2 Å². The molecule has 11 heavy (non-hydrogen) atoms. The largest absolute Gasteiger partial charge is 0.300 e. The first kappa shape index (κ1) is 9.40. The van der Waals surface area contributed by atoms with Gasteiger partial charge < -0.3 is 0 Å². The second-order valence-corrected chi connectivity index (χ2v) is 7.06. The Labute approximate surface area is 77.6 Å². The number of piperidine rings is 1. The van der Waals surface area contributed by atoms with Crippen LogP contribution in [0.25, 0.3) is 0 Å². The molecule has 0 N–H and O–H groups in total. The molecule has 0 saturated carbocycles. The molecule has 1 aliphatic heterocycles. The van der Waals surface area contributed by atoms with E-state index in [1.165, 1.54) is 25.5 Å². The quantitative estimate of drug-likeness (QED) is 0.516. The van der Waals surface area contributed by atoms with Gasteiger partial charge in [-0.25, -0.2) is 8.42 Å². The fourth-order valence-corrected chi connectivity index (χ4v) is 2.75. The normalized spacial score (nSPS) is 22.1. The lowest BCUT2D eigenvalue weighted by atomic mass is 10.1. The van der Waals surface area contributed by atoms with E-state index in [4.69, 9.17) is 0 Å². The van der Waals surface area contributed by atoms with Crippen LogP contribution in [0.4, 0.5) is 0 Å². The molecule has 0 spiro atoms. The maximum atomic E-state index is 10.9. The van der Waals surface area contributed by atoms with Crippen molar-refractivity contribution in [3.05, 3.63) is 0 Å². The van der Waals surface area contributed by atoms with Crippen LogP contribution in [-0.4, -0.2) is 31.6 Å². The van der Waals surface area contributed by atoms with E-state index >= 15 is 0 Å². The highest BCUT2D eigenvalue weighted by Gasteiger charge is 2.23. The Kier molecular flexibility index (Phi) is 2.87. The summed E-state index contributed by atoms with van der Waals surface area (Å²) in [4.78, 5) is 10.7. The van der Waals surface area contributed by atoms with Crippen LogP contribution < -0.4 is 0 Å². The van der Waals surface area contributed by atoms with E-state index in [0.29, 0.717) is 25.9 Å². The third-order valence-corrected chi connectivity index (χ3v) is 4.24. The fourth-order valence-electron chi connectivity index (χ4n) is 0.954. The SMILES string of the molecule is O=C1CCN(S(=O)(=O)I)CC1. The van der Waals surface area contributed by atoms with Crippen molar-refractivity contribution < 1.29 is 13.2 Å². The van der Waals surface area contributed by atoms with E-state index in [1.54, 1.807) is 0 Å². The number of rotatable bonds is 1. The molecule has 0 aromatic carbocycles. The Morgan fingerprint density at radius 1 is 1.27 bits per heavy atom. The Morgan fingerprint density at radius 2 is 1.73 bits per heavy atom. The van der Waals surface area contributed by atoms with Gasteiger partial charge in [-0.15, -0.1) is 0 Å². The van der Waals surface area contributed by atoms with Gasteiger partial charge in [-0.05, 0) is 0 Å². The second-order valence-electron chi connectivity index (χ2n) is 2.38. The van der Waals surface area contributed by atoms with Gasteiger partial charge in [0.1, 0.15) is 5.78 Å². The average Bonchev–Trinajstić information content (AvgIpc) is 1.86. The standard InChI is InChI=1S/C5H8INO3S/c6-11(9,10)7-3-1-5(8)2-4-7/h1-4H2. The minimum absolute atomic E-state index is 0.154. The van der Waals surface area contributed by atoms with Crippen LogP contribution in [0.5, 0.6) is 0 Å². The Hall–Kier alpha value is 0.310. The van der Waals surface area contributed by atoms with Crippen molar-refractivity contribution in [3.8, 4) is 0 Å². The number of Topliss-reactive ketones (excluding diaryl/α,β-unsaturated/α-hetero) is 1. The molecule has 0 bridgehead atoms. The minimum atomic E-state index is -3.10. The molecule has 4 nitrogen and oxygen atoms in total. The van der Waals surface area contributed by atoms with Crippen molar-refractivity contribution in [2.75, 3.05) is 13.1 Å². The predicted molar refractivity (Wildman–Crippen MR) is 48.8 cm³/mol. The summed E-state index contributed by atoms with van der Waals surface area (Å²) in [6.45, 7) is 0.703. The second kappa shape index (κ2) is 3.36. The number of hydrogen-bond acceptors (Lipinski definition) is 3. The van der Waals surface area contributed by atoms with Gasteiger partial charge >= 0.3 is 0 Å². The highest BCUT2D eigenvalue weighted by Crippen LogP contribution is 2.15. The van der Waals surface area contributed by atoms with Crippen molar-refractivity contribution in [2.45, 2.75) is 12.8 Å². The summed E-state index contributed by atoms with van der Waals surface area (Å²) in [5, 5.41) is 0. The monoisotopic (exact) mass is 289 g/mol. The third kappa shape index (κ3) is 2.68.